The molecule has 0 fully saturated rings. The van der Waals surface area contributed by atoms with E-state index in [2.05, 4.69) is 25.3 Å². The second-order valence-electron chi connectivity index (χ2n) is 5.23. The fourth-order valence-electron chi connectivity index (χ4n) is 2.34. The van der Waals surface area contributed by atoms with Crippen LogP contribution in [0.2, 0.25) is 0 Å². The van der Waals surface area contributed by atoms with Crippen molar-refractivity contribution in [2.75, 3.05) is 5.32 Å². The van der Waals surface area contributed by atoms with Crippen molar-refractivity contribution in [3.8, 4) is 17.1 Å². The van der Waals surface area contributed by atoms with Gasteiger partial charge >= 0.3 is 0 Å². The third-order valence-electron chi connectivity index (χ3n) is 3.53. The number of phenols is 1. The van der Waals surface area contributed by atoms with E-state index in [1.54, 1.807) is 49.1 Å². The highest BCUT2D eigenvalue weighted by molar-refractivity contribution is 5.80. The van der Waals surface area contributed by atoms with Crippen LogP contribution >= 0.6 is 0 Å². The van der Waals surface area contributed by atoms with E-state index in [0.29, 0.717) is 5.82 Å². The quantitative estimate of drug-likeness (QED) is 0.601. The first-order chi connectivity index (χ1) is 11.8. The third kappa shape index (κ3) is 2.85. The van der Waals surface area contributed by atoms with Gasteiger partial charge in [0, 0.05) is 23.6 Å². The number of phenolic OH excluding ortho intramolecular Hbond substituents is 1. The van der Waals surface area contributed by atoms with Crippen molar-refractivity contribution in [1.29, 1.82) is 0 Å². The van der Waals surface area contributed by atoms with Gasteiger partial charge in [0.25, 0.3) is 0 Å². The summed E-state index contributed by atoms with van der Waals surface area (Å²) >= 11 is 0. The fourth-order valence-corrected chi connectivity index (χ4v) is 2.34. The lowest BCUT2D eigenvalue weighted by Gasteiger charge is -2.07. The lowest BCUT2D eigenvalue weighted by molar-refractivity contribution is 0.475. The molecule has 116 valence electrons. The summed E-state index contributed by atoms with van der Waals surface area (Å²) in [4.78, 5) is 17.3. The van der Waals surface area contributed by atoms with Crippen LogP contribution in [0.25, 0.3) is 22.4 Å². The minimum atomic E-state index is 0.213. The lowest BCUT2D eigenvalue weighted by Crippen LogP contribution is -1.95. The van der Waals surface area contributed by atoms with Gasteiger partial charge in [0.05, 0.1) is 23.6 Å². The van der Waals surface area contributed by atoms with E-state index in [1.165, 1.54) is 0 Å². The Hall–Kier alpha value is -3.54. The first kappa shape index (κ1) is 14.1. The second-order valence-corrected chi connectivity index (χ2v) is 5.23. The molecule has 6 heteroatoms. The molecule has 24 heavy (non-hydrogen) atoms. The van der Waals surface area contributed by atoms with E-state index < -0.39 is 0 Å². The molecule has 0 aliphatic heterocycles. The van der Waals surface area contributed by atoms with Gasteiger partial charge < -0.3 is 10.4 Å². The first-order valence-electron chi connectivity index (χ1n) is 7.37. The van der Waals surface area contributed by atoms with Gasteiger partial charge in [-0.15, -0.1) is 0 Å². The van der Waals surface area contributed by atoms with Crippen LogP contribution in [0.4, 0.5) is 11.4 Å². The minimum Gasteiger partial charge on any atom is -0.508 e. The van der Waals surface area contributed by atoms with Crippen molar-refractivity contribution in [2.45, 2.75) is 0 Å². The van der Waals surface area contributed by atoms with Gasteiger partial charge in [-0.25, -0.2) is 9.97 Å². The maximum atomic E-state index is 9.39. The zero-order valence-corrected chi connectivity index (χ0v) is 12.6. The summed E-state index contributed by atoms with van der Waals surface area (Å²) in [5.41, 5.74) is 4.06. The van der Waals surface area contributed by atoms with Crippen molar-refractivity contribution in [3.05, 3.63) is 67.3 Å². The first-order valence-corrected chi connectivity index (χ1v) is 7.37. The normalized spacial score (nSPS) is 10.7. The molecule has 0 amide bonds. The Bertz CT molecular complexity index is 987. The maximum absolute atomic E-state index is 9.39. The van der Waals surface area contributed by atoms with E-state index in [4.69, 9.17) is 0 Å². The largest absolute Gasteiger partial charge is 0.508 e. The predicted molar refractivity (Wildman–Crippen MR) is 92.0 cm³/mol. The van der Waals surface area contributed by atoms with Crippen LogP contribution in [0.5, 0.6) is 5.75 Å². The topological polar surface area (TPSA) is 83.8 Å². The molecule has 0 radical (unpaired) electrons. The predicted octanol–water partition coefficient (Wildman–Crippen LogP) is 3.54. The van der Waals surface area contributed by atoms with E-state index in [-0.39, 0.29) is 5.75 Å². The molecule has 6 nitrogen and oxygen atoms in total. The fraction of sp³-hybridized carbons (Fsp3) is 0. The van der Waals surface area contributed by atoms with Crippen LogP contribution in [-0.4, -0.2) is 25.0 Å². The molecule has 0 saturated carbocycles. The van der Waals surface area contributed by atoms with Gasteiger partial charge in [0.1, 0.15) is 11.3 Å². The highest BCUT2D eigenvalue weighted by Gasteiger charge is 2.05. The average Bonchev–Trinajstić information content (AvgIpc) is 2.63. The molecule has 2 N–H and O–H groups in total. The average molecular weight is 315 g/mol. The number of benzene rings is 1. The summed E-state index contributed by atoms with van der Waals surface area (Å²) in [6.07, 6.45) is 6.89. The number of hydrogen-bond acceptors (Lipinski definition) is 6. The number of aromatic nitrogens is 4. The van der Waals surface area contributed by atoms with Crippen LogP contribution in [0, 0.1) is 0 Å². The van der Waals surface area contributed by atoms with E-state index in [9.17, 15) is 5.11 Å². The molecule has 3 aromatic heterocycles. The third-order valence-corrected chi connectivity index (χ3v) is 3.53. The van der Waals surface area contributed by atoms with Gasteiger partial charge in [-0.05, 0) is 42.5 Å². The molecule has 0 spiro atoms. The molecule has 3 heterocycles. The van der Waals surface area contributed by atoms with E-state index in [1.807, 2.05) is 18.2 Å². The van der Waals surface area contributed by atoms with Gasteiger partial charge in [-0.2, -0.15) is 0 Å². The molecule has 0 saturated heterocycles. The van der Waals surface area contributed by atoms with Crippen LogP contribution in [0.1, 0.15) is 0 Å². The molecule has 0 bridgehead atoms. The van der Waals surface area contributed by atoms with Crippen molar-refractivity contribution < 1.29 is 5.11 Å². The maximum Gasteiger partial charge on any atom is 0.159 e. The molecule has 0 atom stereocenters. The molecular formula is C18H13N5O. The number of anilines is 2. The van der Waals surface area contributed by atoms with Crippen molar-refractivity contribution in [2.24, 2.45) is 0 Å². The minimum absolute atomic E-state index is 0.213. The Morgan fingerprint density at radius 2 is 1.58 bits per heavy atom. The number of aromatic hydroxyl groups is 1. The summed E-state index contributed by atoms with van der Waals surface area (Å²) in [5, 5.41) is 12.7. The van der Waals surface area contributed by atoms with Crippen molar-refractivity contribution in [3.63, 3.8) is 0 Å². The zero-order valence-electron chi connectivity index (χ0n) is 12.6. The van der Waals surface area contributed by atoms with Gasteiger partial charge in [-0.1, -0.05) is 0 Å². The summed E-state index contributed by atoms with van der Waals surface area (Å²) in [7, 11) is 0. The lowest BCUT2D eigenvalue weighted by atomic mass is 10.2. The Morgan fingerprint density at radius 1 is 0.792 bits per heavy atom. The molecule has 0 aliphatic rings. The SMILES string of the molecule is Oc1ccc(-c2ncc3ncc(Nc4ccncc4)cc3n2)cc1. The smallest absolute Gasteiger partial charge is 0.159 e. The van der Waals surface area contributed by atoms with Crippen LogP contribution < -0.4 is 5.32 Å². The second kappa shape index (κ2) is 5.92. The Balaban J connectivity index is 1.71. The van der Waals surface area contributed by atoms with Crippen molar-refractivity contribution in [1.82, 2.24) is 19.9 Å². The Morgan fingerprint density at radius 3 is 2.38 bits per heavy atom. The number of rotatable bonds is 3. The number of pyridine rings is 2. The van der Waals surface area contributed by atoms with Gasteiger partial charge in [0.15, 0.2) is 5.82 Å². The van der Waals surface area contributed by atoms with E-state index in [0.717, 1.165) is 28.0 Å². The standard InChI is InChI=1S/C18H13N5O/c24-15-3-1-12(2-4-15)18-21-11-17-16(23-18)9-14(10-20-17)22-13-5-7-19-8-6-13/h1-11,24H,(H,19,22). The molecular weight excluding hydrogens is 302 g/mol. The summed E-state index contributed by atoms with van der Waals surface area (Å²) in [6.45, 7) is 0. The highest BCUT2D eigenvalue weighted by atomic mass is 16.3. The Kier molecular flexibility index (Phi) is 3.47. The monoisotopic (exact) mass is 315 g/mol. The van der Waals surface area contributed by atoms with Gasteiger partial charge in [-0.3, -0.25) is 9.97 Å². The Labute approximate surface area is 137 Å². The highest BCUT2D eigenvalue weighted by Crippen LogP contribution is 2.22. The summed E-state index contributed by atoms with van der Waals surface area (Å²) < 4.78 is 0. The molecule has 1 aromatic carbocycles. The van der Waals surface area contributed by atoms with E-state index >= 15 is 0 Å². The van der Waals surface area contributed by atoms with Crippen LogP contribution in [0.15, 0.2) is 67.3 Å². The van der Waals surface area contributed by atoms with Gasteiger partial charge in [0.2, 0.25) is 0 Å². The summed E-state index contributed by atoms with van der Waals surface area (Å²) in [5.74, 6) is 0.801. The summed E-state index contributed by atoms with van der Waals surface area (Å²) in [6, 6.07) is 12.5. The molecule has 0 unspecified atom stereocenters. The van der Waals surface area contributed by atoms with Crippen LogP contribution in [0.3, 0.4) is 0 Å². The molecule has 4 rings (SSSR count). The van der Waals surface area contributed by atoms with Crippen molar-refractivity contribution >= 4 is 22.4 Å². The van der Waals surface area contributed by atoms with Crippen LogP contribution in [-0.2, 0) is 0 Å². The zero-order chi connectivity index (χ0) is 16.4. The number of hydrogen-bond donors (Lipinski definition) is 2. The number of nitrogens with zero attached hydrogens (tertiary/aromatic N) is 4. The number of fused-ring (bicyclic) bond motifs is 1. The molecule has 4 aromatic rings. The molecule has 0 aliphatic carbocycles. The number of nitrogens with one attached hydrogen (secondary N) is 1.